The molecule has 0 bridgehead atoms. The topological polar surface area (TPSA) is 23.8 Å². The van der Waals surface area contributed by atoms with E-state index in [1.807, 2.05) is 48.5 Å². The van der Waals surface area contributed by atoms with Crippen LogP contribution in [0.15, 0.2) is 66.7 Å². The molecule has 28 heavy (non-hydrogen) atoms. The van der Waals surface area contributed by atoms with Crippen LogP contribution in [0, 0.1) is 29.0 Å². The van der Waals surface area contributed by atoms with Crippen LogP contribution in [-0.2, 0) is 6.42 Å². The molecule has 138 valence electrons. The molecule has 1 nitrogen and oxygen atoms in total. The molecule has 2 heteroatoms. The summed E-state index contributed by atoms with van der Waals surface area (Å²) in [7, 11) is 0. The number of nitriles is 1. The van der Waals surface area contributed by atoms with Crippen molar-refractivity contribution in [3.05, 3.63) is 94.8 Å². The zero-order valence-corrected chi connectivity index (χ0v) is 16.0. The Labute approximate surface area is 166 Å². The molecule has 0 heterocycles. The Bertz CT molecular complexity index is 1030. The van der Waals surface area contributed by atoms with Crippen molar-refractivity contribution in [3.8, 4) is 29.0 Å². The fourth-order valence-corrected chi connectivity index (χ4v) is 3.03. The molecule has 0 aliphatic carbocycles. The average Bonchev–Trinajstić information content (AvgIpc) is 2.73. The van der Waals surface area contributed by atoms with E-state index in [1.54, 1.807) is 18.2 Å². The fourth-order valence-electron chi connectivity index (χ4n) is 3.03. The van der Waals surface area contributed by atoms with Gasteiger partial charge < -0.3 is 0 Å². The van der Waals surface area contributed by atoms with E-state index in [9.17, 15) is 4.39 Å². The Balaban J connectivity index is 1.72. The SMILES string of the molecule is CCCCCc1ccc(-c2ccc(C#Cc3ccc(C#N)cc3)cc2)c(F)c1. The minimum Gasteiger partial charge on any atom is -0.206 e. The number of halogens is 1. The fraction of sp³-hybridized carbons (Fsp3) is 0.192. The van der Waals surface area contributed by atoms with Crippen LogP contribution in [0.25, 0.3) is 11.1 Å². The third-order valence-electron chi connectivity index (χ3n) is 4.66. The second-order valence-electron chi connectivity index (χ2n) is 6.79. The number of nitrogens with zero attached hydrogens (tertiary/aromatic N) is 1. The van der Waals surface area contributed by atoms with Gasteiger partial charge in [-0.2, -0.15) is 5.26 Å². The van der Waals surface area contributed by atoms with Gasteiger partial charge in [-0.05, 0) is 66.4 Å². The molecular formula is C26H22FN. The Hall–Kier alpha value is -3.36. The first-order valence-corrected chi connectivity index (χ1v) is 9.60. The van der Waals surface area contributed by atoms with Gasteiger partial charge in [0.25, 0.3) is 0 Å². The number of hydrogen-bond donors (Lipinski definition) is 0. The van der Waals surface area contributed by atoms with Crippen molar-refractivity contribution in [2.75, 3.05) is 0 Å². The van der Waals surface area contributed by atoms with Gasteiger partial charge in [0.05, 0.1) is 11.6 Å². The van der Waals surface area contributed by atoms with Crippen LogP contribution in [0.4, 0.5) is 4.39 Å². The predicted molar refractivity (Wildman–Crippen MR) is 112 cm³/mol. The number of rotatable bonds is 5. The summed E-state index contributed by atoms with van der Waals surface area (Å²) in [6.07, 6.45) is 4.37. The lowest BCUT2D eigenvalue weighted by atomic mass is 9.99. The van der Waals surface area contributed by atoms with E-state index in [1.165, 1.54) is 12.8 Å². The maximum atomic E-state index is 14.5. The Kier molecular flexibility index (Phi) is 6.61. The molecule has 3 rings (SSSR count). The van der Waals surface area contributed by atoms with Gasteiger partial charge in [-0.3, -0.25) is 0 Å². The predicted octanol–water partition coefficient (Wildman–Crippen LogP) is 6.50. The van der Waals surface area contributed by atoms with Gasteiger partial charge in [-0.1, -0.05) is 55.9 Å². The lowest BCUT2D eigenvalue weighted by Gasteiger charge is -2.07. The second kappa shape index (κ2) is 9.54. The quantitative estimate of drug-likeness (QED) is 0.373. The van der Waals surface area contributed by atoms with Crippen LogP contribution in [0.5, 0.6) is 0 Å². The summed E-state index contributed by atoms with van der Waals surface area (Å²) in [5, 5.41) is 8.83. The summed E-state index contributed by atoms with van der Waals surface area (Å²) in [6.45, 7) is 2.17. The van der Waals surface area contributed by atoms with Crippen LogP contribution in [0.2, 0.25) is 0 Å². The smallest absolute Gasteiger partial charge is 0.131 e. The highest BCUT2D eigenvalue weighted by Crippen LogP contribution is 2.24. The van der Waals surface area contributed by atoms with Gasteiger partial charge in [0, 0.05) is 16.7 Å². The summed E-state index contributed by atoms with van der Waals surface area (Å²) >= 11 is 0. The molecule has 0 spiro atoms. The summed E-state index contributed by atoms with van der Waals surface area (Å²) in [5.74, 6) is 6.01. The highest BCUT2D eigenvalue weighted by atomic mass is 19.1. The molecular weight excluding hydrogens is 345 g/mol. The van der Waals surface area contributed by atoms with Crippen molar-refractivity contribution in [1.29, 1.82) is 5.26 Å². The Morgan fingerprint density at radius 1 is 0.786 bits per heavy atom. The molecule has 0 radical (unpaired) electrons. The molecule has 3 aromatic rings. The molecule has 0 aliphatic heterocycles. The van der Waals surface area contributed by atoms with E-state index in [2.05, 4.69) is 24.8 Å². The molecule has 3 aromatic carbocycles. The second-order valence-corrected chi connectivity index (χ2v) is 6.79. The van der Waals surface area contributed by atoms with Gasteiger partial charge >= 0.3 is 0 Å². The van der Waals surface area contributed by atoms with Crippen LogP contribution < -0.4 is 0 Å². The summed E-state index contributed by atoms with van der Waals surface area (Å²) in [4.78, 5) is 0. The van der Waals surface area contributed by atoms with Crippen molar-refractivity contribution in [1.82, 2.24) is 0 Å². The molecule has 0 saturated carbocycles. The van der Waals surface area contributed by atoms with Crippen molar-refractivity contribution in [2.45, 2.75) is 32.6 Å². The highest BCUT2D eigenvalue weighted by molar-refractivity contribution is 5.65. The number of hydrogen-bond acceptors (Lipinski definition) is 1. The minimum absolute atomic E-state index is 0.176. The average molecular weight is 367 g/mol. The zero-order valence-electron chi connectivity index (χ0n) is 16.0. The summed E-state index contributed by atoms with van der Waals surface area (Å²) < 4.78 is 14.5. The van der Waals surface area contributed by atoms with Crippen LogP contribution >= 0.6 is 0 Å². The summed E-state index contributed by atoms with van der Waals surface area (Å²) in [6, 6.07) is 22.4. The number of aryl methyl sites for hydroxylation is 1. The largest absolute Gasteiger partial charge is 0.206 e. The Morgan fingerprint density at radius 2 is 1.39 bits per heavy atom. The molecule has 0 fully saturated rings. The van der Waals surface area contributed by atoms with Crippen LogP contribution in [0.3, 0.4) is 0 Å². The van der Waals surface area contributed by atoms with Crippen LogP contribution in [0.1, 0.15) is 48.4 Å². The minimum atomic E-state index is -0.176. The van der Waals surface area contributed by atoms with Gasteiger partial charge in [0.15, 0.2) is 0 Å². The molecule has 0 amide bonds. The standard InChI is InChI=1S/C26H22FN/c1-2-3-4-5-22-14-17-25(26(27)18-22)24-15-12-21(13-16-24)7-6-20-8-10-23(19-28)11-9-20/h8-18H,2-5H2,1H3. The van der Waals surface area contributed by atoms with Gasteiger partial charge in [0.1, 0.15) is 5.82 Å². The monoisotopic (exact) mass is 367 g/mol. The van der Waals surface area contributed by atoms with E-state index < -0.39 is 0 Å². The summed E-state index contributed by atoms with van der Waals surface area (Å²) in [5.41, 5.74) is 4.86. The maximum absolute atomic E-state index is 14.5. The number of unbranched alkanes of at least 4 members (excludes halogenated alkanes) is 2. The molecule has 0 atom stereocenters. The lowest BCUT2D eigenvalue weighted by molar-refractivity contribution is 0.626. The van der Waals surface area contributed by atoms with Crippen molar-refractivity contribution >= 4 is 0 Å². The first kappa shape index (κ1) is 19.4. The van der Waals surface area contributed by atoms with Gasteiger partial charge in [-0.15, -0.1) is 0 Å². The Morgan fingerprint density at radius 3 is 1.96 bits per heavy atom. The normalized spacial score (nSPS) is 10.0. The first-order chi connectivity index (χ1) is 13.7. The van der Waals surface area contributed by atoms with Gasteiger partial charge in [-0.25, -0.2) is 4.39 Å². The zero-order chi connectivity index (χ0) is 19.8. The molecule has 0 N–H and O–H groups in total. The molecule has 0 aromatic heterocycles. The van der Waals surface area contributed by atoms with E-state index >= 15 is 0 Å². The first-order valence-electron chi connectivity index (χ1n) is 9.60. The van der Waals surface area contributed by atoms with Crippen LogP contribution in [-0.4, -0.2) is 0 Å². The van der Waals surface area contributed by atoms with Crippen molar-refractivity contribution in [2.24, 2.45) is 0 Å². The molecule has 0 unspecified atom stereocenters. The molecule has 0 aliphatic rings. The maximum Gasteiger partial charge on any atom is 0.131 e. The van der Waals surface area contributed by atoms with E-state index in [4.69, 9.17) is 5.26 Å². The van der Waals surface area contributed by atoms with E-state index in [0.29, 0.717) is 11.1 Å². The van der Waals surface area contributed by atoms with Crippen molar-refractivity contribution in [3.63, 3.8) is 0 Å². The van der Waals surface area contributed by atoms with E-state index in [-0.39, 0.29) is 5.82 Å². The third-order valence-corrected chi connectivity index (χ3v) is 4.66. The van der Waals surface area contributed by atoms with E-state index in [0.717, 1.165) is 35.1 Å². The lowest BCUT2D eigenvalue weighted by Crippen LogP contribution is -1.90. The third kappa shape index (κ3) is 5.09. The molecule has 0 saturated heterocycles. The highest BCUT2D eigenvalue weighted by Gasteiger charge is 2.06. The number of benzene rings is 3. The van der Waals surface area contributed by atoms with Gasteiger partial charge in [0.2, 0.25) is 0 Å². The van der Waals surface area contributed by atoms with Crippen molar-refractivity contribution < 1.29 is 4.39 Å².